The number of para-hydroxylation sites is 1. The molecule has 1 unspecified atom stereocenters. The van der Waals surface area contributed by atoms with E-state index < -0.39 is 0 Å². The fourth-order valence-electron chi connectivity index (χ4n) is 3.33. The van der Waals surface area contributed by atoms with Crippen LogP contribution in [0.2, 0.25) is 0 Å². The number of hydrogen-bond acceptors (Lipinski definition) is 4. The topological polar surface area (TPSA) is 69.2 Å². The van der Waals surface area contributed by atoms with Crippen molar-refractivity contribution < 1.29 is 9.53 Å². The van der Waals surface area contributed by atoms with Gasteiger partial charge in [-0.25, -0.2) is 0 Å². The molecule has 0 radical (unpaired) electrons. The smallest absolute Gasteiger partial charge is 0.239 e. The van der Waals surface area contributed by atoms with Crippen molar-refractivity contribution in [3.8, 4) is 5.75 Å². The largest absolute Gasteiger partial charge is 0.492 e. The number of rotatable bonds is 10. The normalized spacial score (nSPS) is 17.4. The lowest BCUT2D eigenvalue weighted by Gasteiger charge is -2.25. The van der Waals surface area contributed by atoms with Gasteiger partial charge in [0.05, 0.1) is 12.6 Å². The molecule has 1 aromatic carbocycles. The molecule has 1 saturated heterocycles. The number of likely N-dealkylation sites (tertiary alicyclic amines) is 1. The van der Waals surface area contributed by atoms with Crippen LogP contribution in [0.25, 0.3) is 0 Å². The first-order valence-electron chi connectivity index (χ1n) is 10.3. The summed E-state index contributed by atoms with van der Waals surface area (Å²) in [6.07, 6.45) is 3.00. The summed E-state index contributed by atoms with van der Waals surface area (Å²) in [6.45, 7) is 6.78. The number of nitrogens with one attached hydrogen (secondary N) is 2. The molecular formula is C21H35N5O2. The SMILES string of the molecule is CCNC(=NCCCN1CCCC1C(=O)N(C)C)NCCOc1ccccc1. The molecule has 1 fully saturated rings. The molecule has 7 nitrogen and oxygen atoms in total. The third kappa shape index (κ3) is 7.38. The van der Waals surface area contributed by atoms with Gasteiger partial charge < -0.3 is 20.3 Å². The van der Waals surface area contributed by atoms with Crippen LogP contribution in [0, 0.1) is 0 Å². The molecule has 0 bridgehead atoms. The van der Waals surface area contributed by atoms with Crippen LogP contribution in [-0.4, -0.2) is 81.1 Å². The fourth-order valence-corrected chi connectivity index (χ4v) is 3.33. The summed E-state index contributed by atoms with van der Waals surface area (Å²) in [7, 11) is 3.66. The predicted molar refractivity (Wildman–Crippen MR) is 114 cm³/mol. The van der Waals surface area contributed by atoms with E-state index in [-0.39, 0.29) is 11.9 Å². The van der Waals surface area contributed by atoms with E-state index in [1.165, 1.54) is 0 Å². The minimum Gasteiger partial charge on any atom is -0.492 e. The lowest BCUT2D eigenvalue weighted by molar-refractivity contribution is -0.133. The number of aliphatic imine (C=N–C) groups is 1. The van der Waals surface area contributed by atoms with Gasteiger partial charge in [0.2, 0.25) is 5.91 Å². The molecule has 0 aliphatic carbocycles. The van der Waals surface area contributed by atoms with Crippen LogP contribution < -0.4 is 15.4 Å². The van der Waals surface area contributed by atoms with Crippen LogP contribution in [0.5, 0.6) is 5.75 Å². The number of amides is 1. The average molecular weight is 390 g/mol. The third-order valence-electron chi connectivity index (χ3n) is 4.71. The zero-order valence-electron chi connectivity index (χ0n) is 17.5. The van der Waals surface area contributed by atoms with Gasteiger partial charge in [0.25, 0.3) is 0 Å². The quantitative estimate of drug-likeness (QED) is 0.361. The van der Waals surface area contributed by atoms with E-state index in [1.807, 2.05) is 44.4 Å². The Balaban J connectivity index is 1.69. The number of hydrogen-bond donors (Lipinski definition) is 2. The summed E-state index contributed by atoms with van der Waals surface area (Å²) in [5, 5.41) is 6.56. The monoisotopic (exact) mass is 389 g/mol. The molecule has 1 aromatic rings. The molecule has 1 aliphatic rings. The van der Waals surface area contributed by atoms with Crippen molar-refractivity contribution in [2.45, 2.75) is 32.2 Å². The number of benzene rings is 1. The van der Waals surface area contributed by atoms with Crippen LogP contribution in [0.1, 0.15) is 26.2 Å². The number of nitrogens with zero attached hydrogens (tertiary/aromatic N) is 3. The second-order valence-corrected chi connectivity index (χ2v) is 7.13. The summed E-state index contributed by atoms with van der Waals surface area (Å²) in [6, 6.07) is 9.84. The van der Waals surface area contributed by atoms with Crippen molar-refractivity contribution in [2.24, 2.45) is 4.99 Å². The van der Waals surface area contributed by atoms with Crippen LogP contribution >= 0.6 is 0 Å². The second-order valence-electron chi connectivity index (χ2n) is 7.13. The van der Waals surface area contributed by atoms with Crippen molar-refractivity contribution in [1.82, 2.24) is 20.4 Å². The Morgan fingerprint density at radius 2 is 2.07 bits per heavy atom. The van der Waals surface area contributed by atoms with E-state index in [1.54, 1.807) is 4.90 Å². The van der Waals surface area contributed by atoms with Gasteiger partial charge in [-0.05, 0) is 44.9 Å². The minimum absolute atomic E-state index is 0.0421. The molecular weight excluding hydrogens is 354 g/mol. The zero-order chi connectivity index (χ0) is 20.2. The van der Waals surface area contributed by atoms with Gasteiger partial charge in [0, 0.05) is 33.7 Å². The number of guanidine groups is 1. The van der Waals surface area contributed by atoms with Crippen LogP contribution in [0.3, 0.4) is 0 Å². The average Bonchev–Trinajstić information content (AvgIpc) is 3.16. The number of likely N-dealkylation sites (N-methyl/N-ethyl adjacent to an activating group) is 1. The van der Waals surface area contributed by atoms with Gasteiger partial charge in [-0.1, -0.05) is 18.2 Å². The molecule has 0 saturated carbocycles. The molecule has 7 heteroatoms. The Kier molecular flexibility index (Phi) is 9.62. The Morgan fingerprint density at radius 1 is 1.29 bits per heavy atom. The first-order chi connectivity index (χ1) is 13.6. The van der Waals surface area contributed by atoms with E-state index in [2.05, 4.69) is 27.4 Å². The van der Waals surface area contributed by atoms with E-state index in [4.69, 9.17) is 4.74 Å². The fraction of sp³-hybridized carbons (Fsp3) is 0.619. The summed E-state index contributed by atoms with van der Waals surface area (Å²) in [5.74, 6) is 1.90. The van der Waals surface area contributed by atoms with E-state index in [0.29, 0.717) is 13.2 Å². The third-order valence-corrected chi connectivity index (χ3v) is 4.71. The summed E-state index contributed by atoms with van der Waals surface area (Å²) in [4.78, 5) is 20.9. The molecule has 1 heterocycles. The van der Waals surface area contributed by atoms with Gasteiger partial charge in [0.1, 0.15) is 12.4 Å². The summed E-state index contributed by atoms with van der Waals surface area (Å²) < 4.78 is 5.69. The van der Waals surface area contributed by atoms with Crippen molar-refractivity contribution >= 4 is 11.9 Å². The minimum atomic E-state index is 0.0421. The van der Waals surface area contributed by atoms with Crippen LogP contribution in [-0.2, 0) is 4.79 Å². The Labute approximate surface area is 169 Å². The second kappa shape index (κ2) is 12.2. The maximum Gasteiger partial charge on any atom is 0.239 e. The van der Waals surface area contributed by atoms with Crippen molar-refractivity contribution in [3.05, 3.63) is 30.3 Å². The lowest BCUT2D eigenvalue weighted by atomic mass is 10.2. The molecule has 0 aromatic heterocycles. The lowest BCUT2D eigenvalue weighted by Crippen LogP contribution is -2.43. The standard InChI is InChI=1S/C21H35N5O2/c1-4-22-21(24-14-17-28-18-10-6-5-7-11-18)23-13-9-16-26-15-8-12-19(26)20(27)25(2)3/h5-7,10-11,19H,4,8-9,12-17H2,1-3H3,(H2,22,23,24). The molecule has 1 amide bonds. The number of ether oxygens (including phenoxy) is 1. The van der Waals surface area contributed by atoms with Crippen molar-refractivity contribution in [2.75, 3.05) is 53.4 Å². The Hall–Kier alpha value is -2.28. The summed E-state index contributed by atoms with van der Waals surface area (Å²) >= 11 is 0. The van der Waals surface area contributed by atoms with Crippen LogP contribution in [0.15, 0.2) is 35.3 Å². The van der Waals surface area contributed by atoms with E-state index in [9.17, 15) is 4.79 Å². The van der Waals surface area contributed by atoms with Gasteiger partial charge >= 0.3 is 0 Å². The van der Waals surface area contributed by atoms with E-state index >= 15 is 0 Å². The zero-order valence-corrected chi connectivity index (χ0v) is 17.5. The number of carbonyl (C=O) groups excluding carboxylic acids is 1. The van der Waals surface area contributed by atoms with Crippen molar-refractivity contribution in [3.63, 3.8) is 0 Å². The Morgan fingerprint density at radius 3 is 2.79 bits per heavy atom. The van der Waals surface area contributed by atoms with Gasteiger partial charge in [-0.3, -0.25) is 14.7 Å². The molecule has 0 spiro atoms. The summed E-state index contributed by atoms with van der Waals surface area (Å²) in [5.41, 5.74) is 0. The highest BCUT2D eigenvalue weighted by molar-refractivity contribution is 5.81. The first kappa shape index (κ1) is 22.0. The van der Waals surface area contributed by atoms with Gasteiger partial charge in [-0.2, -0.15) is 0 Å². The van der Waals surface area contributed by atoms with Gasteiger partial charge in [0.15, 0.2) is 5.96 Å². The number of carbonyl (C=O) groups is 1. The predicted octanol–water partition coefficient (Wildman–Crippen LogP) is 1.56. The molecule has 156 valence electrons. The highest BCUT2D eigenvalue weighted by atomic mass is 16.5. The van der Waals surface area contributed by atoms with Gasteiger partial charge in [-0.15, -0.1) is 0 Å². The van der Waals surface area contributed by atoms with Crippen LogP contribution in [0.4, 0.5) is 0 Å². The maximum absolute atomic E-state index is 12.3. The van der Waals surface area contributed by atoms with Crippen molar-refractivity contribution in [1.29, 1.82) is 0 Å². The highest BCUT2D eigenvalue weighted by Crippen LogP contribution is 2.18. The molecule has 2 N–H and O–H groups in total. The molecule has 28 heavy (non-hydrogen) atoms. The highest BCUT2D eigenvalue weighted by Gasteiger charge is 2.30. The maximum atomic E-state index is 12.3. The molecule has 2 rings (SSSR count). The van der Waals surface area contributed by atoms with E-state index in [0.717, 1.165) is 57.2 Å². The molecule has 1 aliphatic heterocycles. The first-order valence-corrected chi connectivity index (χ1v) is 10.3. The molecule has 1 atom stereocenters. The Bertz CT molecular complexity index is 606.